The Morgan fingerprint density at radius 1 is 1.18 bits per heavy atom. The van der Waals surface area contributed by atoms with Crippen molar-refractivity contribution in [2.45, 2.75) is 19.9 Å². The molecule has 0 aliphatic carbocycles. The van der Waals surface area contributed by atoms with Crippen molar-refractivity contribution in [3.05, 3.63) is 70.3 Å². The van der Waals surface area contributed by atoms with E-state index in [1.54, 1.807) is 23.9 Å². The number of aryl methyl sites for hydroxylation is 1. The molecule has 1 N–H and O–H groups in total. The van der Waals surface area contributed by atoms with Gasteiger partial charge in [0.15, 0.2) is 0 Å². The van der Waals surface area contributed by atoms with Crippen LogP contribution < -0.4 is 5.32 Å². The molecule has 1 amide bonds. The van der Waals surface area contributed by atoms with Gasteiger partial charge in [-0.05, 0) is 47.2 Å². The number of carbonyl (C=O) groups is 1. The molecule has 22 heavy (non-hydrogen) atoms. The van der Waals surface area contributed by atoms with Gasteiger partial charge in [0, 0.05) is 16.0 Å². The molecule has 0 atom stereocenters. The van der Waals surface area contributed by atoms with Gasteiger partial charge in [0.25, 0.3) is 5.91 Å². The van der Waals surface area contributed by atoms with Gasteiger partial charge in [-0.15, -0.1) is 11.3 Å². The lowest BCUT2D eigenvalue weighted by molar-refractivity contribution is 0.0951. The zero-order chi connectivity index (χ0) is 15.4. The molecule has 2 heterocycles. The number of hydrogen-bond acceptors (Lipinski definition) is 3. The van der Waals surface area contributed by atoms with E-state index in [0.29, 0.717) is 12.1 Å². The summed E-state index contributed by atoms with van der Waals surface area (Å²) in [5.74, 6) is -0.0408. The van der Waals surface area contributed by atoms with Crippen LogP contribution in [0.3, 0.4) is 0 Å². The third kappa shape index (κ3) is 3.28. The van der Waals surface area contributed by atoms with Gasteiger partial charge in [0.05, 0.1) is 19.1 Å². The maximum absolute atomic E-state index is 12.1. The van der Waals surface area contributed by atoms with Crippen LogP contribution in [-0.4, -0.2) is 5.91 Å². The summed E-state index contributed by atoms with van der Waals surface area (Å²) in [5, 5.41) is 5.03. The average molecular weight is 311 g/mol. The number of nitrogens with one attached hydrogen (secondary N) is 1. The molecule has 2 aromatic heterocycles. The molecule has 0 fully saturated rings. The molecule has 0 aliphatic heterocycles. The molecule has 0 spiro atoms. The molecule has 0 saturated heterocycles. The van der Waals surface area contributed by atoms with E-state index >= 15 is 0 Å². The van der Waals surface area contributed by atoms with E-state index in [1.807, 2.05) is 30.3 Å². The lowest BCUT2D eigenvalue weighted by Crippen LogP contribution is -2.22. The molecule has 112 valence electrons. The van der Waals surface area contributed by atoms with E-state index in [0.717, 1.165) is 22.4 Å². The van der Waals surface area contributed by atoms with Crippen molar-refractivity contribution in [2.75, 3.05) is 0 Å². The number of furan rings is 1. The Bertz CT molecular complexity index is 742. The fourth-order valence-electron chi connectivity index (χ4n) is 2.21. The summed E-state index contributed by atoms with van der Waals surface area (Å²) in [5.41, 5.74) is 4.11. The normalized spacial score (nSPS) is 10.6. The highest BCUT2D eigenvalue weighted by molar-refractivity contribution is 7.10. The van der Waals surface area contributed by atoms with Gasteiger partial charge in [-0.25, -0.2) is 0 Å². The second-order valence-corrected chi connectivity index (χ2v) is 6.04. The van der Waals surface area contributed by atoms with E-state index in [4.69, 9.17) is 4.42 Å². The summed E-state index contributed by atoms with van der Waals surface area (Å²) in [6.07, 6.45) is 4.36. The minimum atomic E-state index is -0.0408. The van der Waals surface area contributed by atoms with Crippen molar-refractivity contribution in [1.82, 2.24) is 5.32 Å². The first-order chi connectivity index (χ1) is 10.8. The molecule has 3 rings (SSSR count). The van der Waals surface area contributed by atoms with Crippen LogP contribution in [-0.2, 0) is 13.0 Å². The monoisotopic (exact) mass is 311 g/mol. The highest BCUT2D eigenvalue weighted by atomic mass is 32.1. The van der Waals surface area contributed by atoms with Gasteiger partial charge in [0.2, 0.25) is 0 Å². The first kappa shape index (κ1) is 14.6. The number of amides is 1. The van der Waals surface area contributed by atoms with E-state index in [1.165, 1.54) is 5.56 Å². The van der Waals surface area contributed by atoms with E-state index < -0.39 is 0 Å². The second-order valence-electron chi connectivity index (χ2n) is 5.05. The fourth-order valence-corrected chi connectivity index (χ4v) is 3.05. The topological polar surface area (TPSA) is 42.2 Å². The van der Waals surface area contributed by atoms with Crippen LogP contribution in [0.1, 0.15) is 27.7 Å². The molecule has 0 bridgehead atoms. The Balaban J connectivity index is 1.61. The van der Waals surface area contributed by atoms with E-state index in [9.17, 15) is 4.79 Å². The molecule has 4 heteroatoms. The molecule has 1 aromatic carbocycles. The SMILES string of the molecule is CCc1ccc(C(=O)NCc2cc(-c3ccoc3)cs2)cc1. The van der Waals surface area contributed by atoms with Crippen molar-refractivity contribution in [1.29, 1.82) is 0 Å². The van der Waals surface area contributed by atoms with Gasteiger partial charge in [0.1, 0.15) is 0 Å². The van der Waals surface area contributed by atoms with Crippen molar-refractivity contribution in [3.8, 4) is 11.1 Å². The minimum Gasteiger partial charge on any atom is -0.472 e. The van der Waals surface area contributed by atoms with Gasteiger partial charge >= 0.3 is 0 Å². The van der Waals surface area contributed by atoms with Crippen LogP contribution in [0.2, 0.25) is 0 Å². The maximum Gasteiger partial charge on any atom is 0.251 e. The van der Waals surface area contributed by atoms with Crippen LogP contribution >= 0.6 is 11.3 Å². The van der Waals surface area contributed by atoms with Gasteiger partial charge in [-0.1, -0.05) is 19.1 Å². The predicted molar refractivity (Wildman–Crippen MR) is 89.0 cm³/mol. The number of thiophene rings is 1. The smallest absolute Gasteiger partial charge is 0.251 e. The summed E-state index contributed by atoms with van der Waals surface area (Å²) in [7, 11) is 0. The standard InChI is InChI=1S/C18H17NO2S/c1-2-13-3-5-14(6-4-13)18(20)19-10-17-9-16(12-22-17)15-7-8-21-11-15/h3-9,11-12H,2,10H2,1H3,(H,19,20). The van der Waals surface area contributed by atoms with Crippen LogP contribution in [0.5, 0.6) is 0 Å². The van der Waals surface area contributed by atoms with Crippen molar-refractivity contribution in [3.63, 3.8) is 0 Å². The quantitative estimate of drug-likeness (QED) is 0.754. The predicted octanol–water partition coefficient (Wildman–Crippen LogP) is 4.50. The van der Waals surface area contributed by atoms with Crippen LogP contribution in [0.25, 0.3) is 11.1 Å². The Kier molecular flexibility index (Phi) is 4.39. The second kappa shape index (κ2) is 6.62. The zero-order valence-corrected chi connectivity index (χ0v) is 13.2. The van der Waals surface area contributed by atoms with E-state index in [2.05, 4.69) is 23.7 Å². The molecular formula is C18H17NO2S. The first-order valence-electron chi connectivity index (χ1n) is 7.23. The summed E-state index contributed by atoms with van der Waals surface area (Å²) in [6, 6.07) is 11.8. The van der Waals surface area contributed by atoms with Crippen LogP contribution in [0, 0.1) is 0 Å². The summed E-state index contributed by atoms with van der Waals surface area (Å²) < 4.78 is 5.09. The van der Waals surface area contributed by atoms with Crippen LogP contribution in [0.15, 0.2) is 58.7 Å². The number of hydrogen-bond donors (Lipinski definition) is 1. The van der Waals surface area contributed by atoms with Gasteiger partial charge < -0.3 is 9.73 Å². The maximum atomic E-state index is 12.1. The fraction of sp³-hybridized carbons (Fsp3) is 0.167. The Hall–Kier alpha value is -2.33. The number of benzene rings is 1. The highest BCUT2D eigenvalue weighted by Gasteiger charge is 2.07. The Labute approximate surface area is 133 Å². The van der Waals surface area contributed by atoms with Crippen LogP contribution in [0.4, 0.5) is 0 Å². The third-order valence-electron chi connectivity index (χ3n) is 3.56. The molecule has 0 aliphatic rings. The molecular weight excluding hydrogens is 294 g/mol. The Morgan fingerprint density at radius 3 is 2.68 bits per heavy atom. The summed E-state index contributed by atoms with van der Waals surface area (Å²) in [6.45, 7) is 2.64. The number of carbonyl (C=O) groups excluding carboxylic acids is 1. The van der Waals surface area contributed by atoms with Crippen molar-refractivity contribution < 1.29 is 9.21 Å². The zero-order valence-electron chi connectivity index (χ0n) is 12.3. The summed E-state index contributed by atoms with van der Waals surface area (Å²) in [4.78, 5) is 13.3. The first-order valence-corrected chi connectivity index (χ1v) is 8.11. The summed E-state index contributed by atoms with van der Waals surface area (Å²) >= 11 is 1.63. The third-order valence-corrected chi connectivity index (χ3v) is 4.49. The lowest BCUT2D eigenvalue weighted by Gasteiger charge is -2.04. The number of rotatable bonds is 5. The Morgan fingerprint density at radius 2 is 2.00 bits per heavy atom. The average Bonchev–Trinajstić information content (AvgIpc) is 3.23. The van der Waals surface area contributed by atoms with Gasteiger partial charge in [-0.3, -0.25) is 4.79 Å². The molecule has 0 radical (unpaired) electrons. The molecule has 0 unspecified atom stereocenters. The van der Waals surface area contributed by atoms with Gasteiger partial charge in [-0.2, -0.15) is 0 Å². The highest BCUT2D eigenvalue weighted by Crippen LogP contribution is 2.25. The lowest BCUT2D eigenvalue weighted by atomic mass is 10.1. The molecule has 0 saturated carbocycles. The van der Waals surface area contributed by atoms with E-state index in [-0.39, 0.29) is 5.91 Å². The van der Waals surface area contributed by atoms with Crippen molar-refractivity contribution in [2.24, 2.45) is 0 Å². The largest absolute Gasteiger partial charge is 0.472 e. The minimum absolute atomic E-state index is 0.0408. The van der Waals surface area contributed by atoms with Crippen molar-refractivity contribution >= 4 is 17.2 Å². The molecule has 3 aromatic rings. The molecule has 3 nitrogen and oxygen atoms in total.